The molecule has 148 valence electrons. The topological polar surface area (TPSA) is 58.1 Å². The van der Waals surface area contributed by atoms with Gasteiger partial charge in [0.15, 0.2) is 0 Å². The lowest BCUT2D eigenvalue weighted by molar-refractivity contribution is -0.137. The van der Waals surface area contributed by atoms with Crippen molar-refractivity contribution in [2.24, 2.45) is 0 Å². The van der Waals surface area contributed by atoms with Crippen molar-refractivity contribution < 1.29 is 14.3 Å². The van der Waals surface area contributed by atoms with Gasteiger partial charge in [-0.05, 0) is 18.6 Å². The molecule has 3 saturated heterocycles. The maximum atomic E-state index is 13.3. The summed E-state index contributed by atoms with van der Waals surface area (Å²) in [6, 6.07) is 4.12. The Morgan fingerprint density at radius 3 is 2.81 bits per heavy atom. The first-order valence-electron chi connectivity index (χ1n) is 9.93. The molecule has 0 aromatic carbocycles. The summed E-state index contributed by atoms with van der Waals surface area (Å²) in [5.74, 6) is 0.251. The summed E-state index contributed by atoms with van der Waals surface area (Å²) in [6.45, 7) is 8.19. The zero-order valence-corrected chi connectivity index (χ0v) is 16.4. The van der Waals surface area contributed by atoms with Crippen molar-refractivity contribution in [3.63, 3.8) is 0 Å². The lowest BCUT2D eigenvalue weighted by Gasteiger charge is -2.49. The number of aryl methyl sites for hydroxylation is 1. The first kappa shape index (κ1) is 18.8. The lowest BCUT2D eigenvalue weighted by Crippen LogP contribution is -2.62. The first-order chi connectivity index (χ1) is 13.1. The Labute approximate surface area is 161 Å². The highest BCUT2D eigenvalue weighted by molar-refractivity contribution is 5.85. The molecule has 7 heteroatoms. The van der Waals surface area contributed by atoms with E-state index in [-0.39, 0.29) is 17.6 Å². The number of pyridine rings is 1. The summed E-state index contributed by atoms with van der Waals surface area (Å²) >= 11 is 0. The third-order valence-electron chi connectivity index (χ3n) is 6.24. The molecule has 3 fully saturated rings. The van der Waals surface area contributed by atoms with Crippen LogP contribution in [0.15, 0.2) is 18.3 Å². The minimum absolute atomic E-state index is 0.0629. The van der Waals surface area contributed by atoms with Crippen molar-refractivity contribution in [1.82, 2.24) is 19.7 Å². The van der Waals surface area contributed by atoms with Gasteiger partial charge in [0.25, 0.3) is 0 Å². The second kappa shape index (κ2) is 7.83. The van der Waals surface area contributed by atoms with E-state index in [1.54, 1.807) is 7.11 Å². The minimum atomic E-state index is -0.184. The summed E-state index contributed by atoms with van der Waals surface area (Å²) in [6.07, 6.45) is 3.73. The van der Waals surface area contributed by atoms with Crippen LogP contribution in [0.4, 0.5) is 0 Å². The van der Waals surface area contributed by atoms with Crippen LogP contribution in [0.1, 0.15) is 24.1 Å². The molecule has 0 N–H and O–H groups in total. The number of nitrogens with zero attached hydrogens (tertiary/aromatic N) is 4. The molecular formula is C20H30N4O3. The predicted octanol–water partition coefficient (Wildman–Crippen LogP) is 0.872. The van der Waals surface area contributed by atoms with E-state index in [1.165, 1.54) is 5.56 Å². The fourth-order valence-electron chi connectivity index (χ4n) is 4.84. The van der Waals surface area contributed by atoms with Crippen molar-refractivity contribution in [3.05, 3.63) is 29.6 Å². The quantitative estimate of drug-likeness (QED) is 0.762. The fraction of sp³-hybridized carbons (Fsp3) is 0.700. The SMILES string of the molecule is COCCN1C(=O)[C@H]2CN(Cc3ccc(C)nc3)CCN2C12CCOCC2. The molecule has 4 rings (SSSR count). The van der Waals surface area contributed by atoms with Gasteiger partial charge in [0.1, 0.15) is 11.7 Å². The Hall–Kier alpha value is -1.54. The van der Waals surface area contributed by atoms with E-state index in [4.69, 9.17) is 9.47 Å². The van der Waals surface area contributed by atoms with Crippen LogP contribution in [0.3, 0.4) is 0 Å². The van der Waals surface area contributed by atoms with Crippen LogP contribution in [-0.4, -0.2) is 90.4 Å². The predicted molar refractivity (Wildman–Crippen MR) is 101 cm³/mol. The number of hydrogen-bond donors (Lipinski definition) is 0. The van der Waals surface area contributed by atoms with E-state index in [1.807, 2.05) is 13.1 Å². The highest BCUT2D eigenvalue weighted by atomic mass is 16.5. The Morgan fingerprint density at radius 2 is 2.11 bits per heavy atom. The third kappa shape index (κ3) is 3.49. The molecule has 3 aliphatic heterocycles. The molecule has 1 spiro atoms. The average molecular weight is 374 g/mol. The molecule has 4 heterocycles. The van der Waals surface area contributed by atoms with Crippen LogP contribution >= 0.6 is 0 Å². The van der Waals surface area contributed by atoms with Gasteiger partial charge in [-0.1, -0.05) is 6.07 Å². The summed E-state index contributed by atoms with van der Waals surface area (Å²) < 4.78 is 10.9. The van der Waals surface area contributed by atoms with Gasteiger partial charge in [-0.2, -0.15) is 0 Å². The molecule has 1 aromatic heterocycles. The van der Waals surface area contributed by atoms with Gasteiger partial charge in [-0.15, -0.1) is 0 Å². The minimum Gasteiger partial charge on any atom is -0.383 e. The van der Waals surface area contributed by atoms with Crippen LogP contribution in [0.5, 0.6) is 0 Å². The van der Waals surface area contributed by atoms with Crippen molar-refractivity contribution in [1.29, 1.82) is 0 Å². The molecule has 0 bridgehead atoms. The molecule has 3 aliphatic rings. The van der Waals surface area contributed by atoms with Gasteiger partial charge < -0.3 is 14.4 Å². The van der Waals surface area contributed by atoms with Gasteiger partial charge in [-0.3, -0.25) is 19.6 Å². The molecule has 0 unspecified atom stereocenters. The Bertz CT molecular complexity index is 660. The summed E-state index contributed by atoms with van der Waals surface area (Å²) in [5.41, 5.74) is 2.05. The normalized spacial score (nSPS) is 25.9. The highest BCUT2D eigenvalue weighted by Gasteiger charge is 2.57. The number of piperazine rings is 1. The van der Waals surface area contributed by atoms with Crippen LogP contribution < -0.4 is 0 Å². The van der Waals surface area contributed by atoms with E-state index < -0.39 is 0 Å². The zero-order valence-electron chi connectivity index (χ0n) is 16.4. The number of ether oxygens (including phenoxy) is 2. The van der Waals surface area contributed by atoms with Crippen LogP contribution in [0.25, 0.3) is 0 Å². The van der Waals surface area contributed by atoms with Crippen LogP contribution in [0, 0.1) is 6.92 Å². The summed E-state index contributed by atoms with van der Waals surface area (Å²) in [7, 11) is 1.70. The number of rotatable bonds is 5. The Kier molecular flexibility index (Phi) is 5.45. The van der Waals surface area contributed by atoms with Gasteiger partial charge >= 0.3 is 0 Å². The molecule has 0 aliphatic carbocycles. The van der Waals surface area contributed by atoms with Crippen molar-refractivity contribution >= 4 is 5.91 Å². The number of fused-ring (bicyclic) bond motifs is 2. The lowest BCUT2D eigenvalue weighted by atomic mass is 9.96. The van der Waals surface area contributed by atoms with Gasteiger partial charge in [0.05, 0.1) is 19.8 Å². The number of aromatic nitrogens is 1. The fourth-order valence-corrected chi connectivity index (χ4v) is 4.84. The van der Waals surface area contributed by atoms with Gasteiger partial charge in [-0.25, -0.2) is 0 Å². The summed E-state index contributed by atoms with van der Waals surface area (Å²) in [5, 5.41) is 0. The van der Waals surface area contributed by atoms with Gasteiger partial charge in [0.2, 0.25) is 5.91 Å². The molecule has 0 radical (unpaired) electrons. The highest BCUT2D eigenvalue weighted by Crippen LogP contribution is 2.41. The molecular weight excluding hydrogens is 344 g/mol. The number of methoxy groups -OCH3 is 1. The van der Waals surface area contributed by atoms with E-state index in [2.05, 4.69) is 31.8 Å². The number of carbonyl (C=O) groups is 1. The van der Waals surface area contributed by atoms with E-state index in [0.29, 0.717) is 13.2 Å². The van der Waals surface area contributed by atoms with E-state index >= 15 is 0 Å². The van der Waals surface area contributed by atoms with Crippen molar-refractivity contribution in [2.45, 2.75) is 38.0 Å². The second-order valence-corrected chi connectivity index (χ2v) is 7.83. The Balaban J connectivity index is 1.51. The first-order valence-corrected chi connectivity index (χ1v) is 9.93. The second-order valence-electron chi connectivity index (χ2n) is 7.83. The van der Waals surface area contributed by atoms with Crippen LogP contribution in [-0.2, 0) is 20.8 Å². The van der Waals surface area contributed by atoms with Crippen molar-refractivity contribution in [3.8, 4) is 0 Å². The molecule has 0 saturated carbocycles. The summed E-state index contributed by atoms with van der Waals surface area (Å²) in [4.78, 5) is 24.6. The monoisotopic (exact) mass is 374 g/mol. The molecule has 1 amide bonds. The van der Waals surface area contributed by atoms with Gasteiger partial charge in [0, 0.05) is 64.6 Å². The standard InChI is InChI=1S/C20H30N4O3/c1-16-3-4-17(13-21-16)14-22-7-8-23-18(15-22)19(25)24(9-12-26-2)20(23)5-10-27-11-6-20/h3-4,13,18H,5-12,14-15H2,1-2H3/t18-/m1/s1. The van der Waals surface area contributed by atoms with Crippen LogP contribution in [0.2, 0.25) is 0 Å². The van der Waals surface area contributed by atoms with Crippen molar-refractivity contribution in [2.75, 3.05) is 53.1 Å². The average Bonchev–Trinajstić information content (AvgIpc) is 2.90. The third-order valence-corrected chi connectivity index (χ3v) is 6.24. The van der Waals surface area contributed by atoms with E-state index in [9.17, 15) is 4.79 Å². The maximum Gasteiger partial charge on any atom is 0.242 e. The molecule has 27 heavy (non-hydrogen) atoms. The zero-order chi connectivity index (χ0) is 18.9. The molecule has 1 aromatic rings. The maximum absolute atomic E-state index is 13.3. The number of hydrogen-bond acceptors (Lipinski definition) is 6. The number of amides is 1. The van der Waals surface area contributed by atoms with E-state index in [0.717, 1.165) is 57.9 Å². The largest absolute Gasteiger partial charge is 0.383 e. The molecule has 1 atom stereocenters. The smallest absolute Gasteiger partial charge is 0.242 e. The molecule has 7 nitrogen and oxygen atoms in total. The number of carbonyl (C=O) groups excluding carboxylic acids is 1. The Morgan fingerprint density at radius 1 is 1.30 bits per heavy atom.